The average molecular weight is 401 g/mol. The number of rotatable bonds is 5. The number of hydrogen-bond acceptors (Lipinski definition) is 4. The van der Waals surface area contributed by atoms with Gasteiger partial charge in [0.25, 0.3) is 0 Å². The van der Waals surface area contributed by atoms with Crippen LogP contribution in [0.15, 0.2) is 18.2 Å². The number of carbonyl (C=O) groups is 1. The van der Waals surface area contributed by atoms with Gasteiger partial charge >= 0.3 is 0 Å². The van der Waals surface area contributed by atoms with Crippen molar-refractivity contribution in [2.45, 2.75) is 43.4 Å². The SMILES string of the molecule is CN(C)C1(CNC(=O)Cc2ccc(Cl)c(Cl)c2)CCC2(CC1)OCCO2. The minimum absolute atomic E-state index is 0.0155. The van der Waals surface area contributed by atoms with E-state index >= 15 is 0 Å². The highest BCUT2D eigenvalue weighted by Crippen LogP contribution is 2.42. The van der Waals surface area contributed by atoms with Gasteiger partial charge in [0.2, 0.25) is 5.91 Å². The highest BCUT2D eigenvalue weighted by Gasteiger charge is 2.47. The molecule has 1 heterocycles. The number of ether oxygens (including phenoxy) is 2. The minimum Gasteiger partial charge on any atom is -0.354 e. The van der Waals surface area contributed by atoms with Crippen LogP contribution >= 0.6 is 23.2 Å². The lowest BCUT2D eigenvalue weighted by Crippen LogP contribution is -2.57. The molecule has 2 aliphatic rings. The third-order valence-corrected chi connectivity index (χ3v) is 6.41. The van der Waals surface area contributed by atoms with Crippen LogP contribution < -0.4 is 5.32 Å². The van der Waals surface area contributed by atoms with Crippen LogP contribution in [0.5, 0.6) is 0 Å². The molecule has 1 aliphatic carbocycles. The van der Waals surface area contributed by atoms with E-state index in [9.17, 15) is 4.79 Å². The summed E-state index contributed by atoms with van der Waals surface area (Å²) in [6, 6.07) is 5.29. The van der Waals surface area contributed by atoms with Crippen LogP contribution in [0.3, 0.4) is 0 Å². The van der Waals surface area contributed by atoms with Gasteiger partial charge in [-0.25, -0.2) is 0 Å². The second-order valence-electron chi connectivity index (χ2n) is 7.43. The zero-order chi connectivity index (χ0) is 18.8. The van der Waals surface area contributed by atoms with Crippen molar-refractivity contribution in [2.75, 3.05) is 33.9 Å². The van der Waals surface area contributed by atoms with Gasteiger partial charge in [-0.15, -0.1) is 0 Å². The fourth-order valence-corrected chi connectivity index (χ4v) is 4.15. The molecular formula is C19H26Cl2N2O3. The van der Waals surface area contributed by atoms with Crippen molar-refractivity contribution in [1.82, 2.24) is 10.2 Å². The van der Waals surface area contributed by atoms with E-state index in [0.29, 0.717) is 29.8 Å². The van der Waals surface area contributed by atoms with Gasteiger partial charge < -0.3 is 19.7 Å². The Morgan fingerprint density at radius 1 is 1.12 bits per heavy atom. The van der Waals surface area contributed by atoms with Crippen LogP contribution in [-0.4, -0.2) is 56.0 Å². The van der Waals surface area contributed by atoms with Crippen LogP contribution in [0.1, 0.15) is 31.2 Å². The molecule has 1 aromatic carbocycles. The molecular weight excluding hydrogens is 375 g/mol. The maximum atomic E-state index is 12.4. The Morgan fingerprint density at radius 2 is 1.77 bits per heavy atom. The van der Waals surface area contributed by atoms with Gasteiger partial charge in [-0.3, -0.25) is 4.79 Å². The highest BCUT2D eigenvalue weighted by molar-refractivity contribution is 6.42. The van der Waals surface area contributed by atoms with E-state index in [2.05, 4.69) is 24.3 Å². The molecule has 1 saturated carbocycles. The molecule has 1 saturated heterocycles. The lowest BCUT2D eigenvalue weighted by Gasteiger charge is -2.47. The minimum atomic E-state index is -0.399. The van der Waals surface area contributed by atoms with Gasteiger partial charge in [0.05, 0.1) is 29.7 Å². The first-order valence-electron chi connectivity index (χ1n) is 9.00. The Kier molecular flexibility index (Phi) is 6.14. The van der Waals surface area contributed by atoms with Gasteiger partial charge in [0, 0.05) is 24.9 Å². The molecule has 0 bridgehead atoms. The van der Waals surface area contributed by atoms with Crippen LogP contribution in [0, 0.1) is 0 Å². The molecule has 5 nitrogen and oxygen atoms in total. The van der Waals surface area contributed by atoms with Crippen LogP contribution in [0.2, 0.25) is 10.0 Å². The van der Waals surface area contributed by atoms with E-state index < -0.39 is 5.79 Å². The quantitative estimate of drug-likeness (QED) is 0.823. The topological polar surface area (TPSA) is 50.8 Å². The molecule has 0 atom stereocenters. The summed E-state index contributed by atoms with van der Waals surface area (Å²) >= 11 is 12.0. The summed E-state index contributed by atoms with van der Waals surface area (Å²) in [7, 11) is 4.14. The maximum absolute atomic E-state index is 12.4. The Bertz CT molecular complexity index is 650. The second-order valence-corrected chi connectivity index (χ2v) is 8.24. The standard InChI is InChI=1S/C19H26Cl2N2O3/c1-23(2)18(5-7-19(8-6-18)25-9-10-26-19)13-22-17(24)12-14-3-4-15(20)16(21)11-14/h3-4,11H,5-10,12-13H2,1-2H3,(H,22,24). The Hall–Kier alpha value is -0.850. The smallest absolute Gasteiger partial charge is 0.224 e. The Labute approximate surface area is 164 Å². The van der Waals surface area contributed by atoms with Gasteiger partial charge in [-0.1, -0.05) is 29.3 Å². The first kappa shape index (κ1) is 19.9. The molecule has 2 fully saturated rings. The predicted molar refractivity (Wildman–Crippen MR) is 103 cm³/mol. The molecule has 7 heteroatoms. The summed E-state index contributed by atoms with van der Waals surface area (Å²) in [4.78, 5) is 14.6. The number of likely N-dealkylation sites (N-methyl/N-ethyl adjacent to an activating group) is 1. The summed E-state index contributed by atoms with van der Waals surface area (Å²) in [6.45, 7) is 1.96. The van der Waals surface area contributed by atoms with E-state index in [0.717, 1.165) is 31.2 Å². The normalized spacial score (nSPS) is 21.3. The number of halogens is 2. The fourth-order valence-electron chi connectivity index (χ4n) is 3.82. The van der Waals surface area contributed by atoms with E-state index in [1.54, 1.807) is 12.1 Å². The molecule has 0 aromatic heterocycles. The van der Waals surface area contributed by atoms with Crippen LogP contribution in [0.25, 0.3) is 0 Å². The number of nitrogens with one attached hydrogen (secondary N) is 1. The molecule has 0 radical (unpaired) electrons. The Balaban J connectivity index is 1.57. The average Bonchev–Trinajstić information content (AvgIpc) is 3.06. The van der Waals surface area contributed by atoms with Gasteiger partial charge in [0.1, 0.15) is 0 Å². The van der Waals surface area contributed by atoms with Crippen molar-refractivity contribution in [3.63, 3.8) is 0 Å². The zero-order valence-electron chi connectivity index (χ0n) is 15.3. The number of hydrogen-bond donors (Lipinski definition) is 1. The van der Waals surface area contributed by atoms with E-state index in [1.807, 2.05) is 6.07 Å². The predicted octanol–water partition coefficient (Wildman–Crippen LogP) is 3.27. The van der Waals surface area contributed by atoms with Crippen LogP contribution in [0.4, 0.5) is 0 Å². The summed E-state index contributed by atoms with van der Waals surface area (Å²) in [5.41, 5.74) is 0.777. The van der Waals surface area contributed by atoms with Crippen molar-refractivity contribution in [1.29, 1.82) is 0 Å². The van der Waals surface area contributed by atoms with Crippen molar-refractivity contribution in [3.8, 4) is 0 Å². The van der Waals surface area contributed by atoms with Crippen molar-refractivity contribution >= 4 is 29.1 Å². The van der Waals surface area contributed by atoms with Gasteiger partial charge in [0.15, 0.2) is 5.79 Å². The molecule has 144 valence electrons. The number of benzene rings is 1. The molecule has 1 aliphatic heterocycles. The molecule has 1 aromatic rings. The fraction of sp³-hybridized carbons (Fsp3) is 0.632. The van der Waals surface area contributed by atoms with Gasteiger partial charge in [-0.2, -0.15) is 0 Å². The number of amides is 1. The van der Waals surface area contributed by atoms with Crippen molar-refractivity contribution in [2.24, 2.45) is 0 Å². The molecule has 0 unspecified atom stereocenters. The summed E-state index contributed by atoms with van der Waals surface area (Å²) in [6.07, 6.45) is 3.85. The molecule has 26 heavy (non-hydrogen) atoms. The van der Waals surface area contributed by atoms with Crippen LogP contribution in [-0.2, 0) is 20.7 Å². The molecule has 1 N–H and O–H groups in total. The lowest BCUT2D eigenvalue weighted by atomic mass is 9.77. The molecule has 1 amide bonds. The summed E-state index contributed by atoms with van der Waals surface area (Å²) in [5, 5.41) is 4.06. The largest absolute Gasteiger partial charge is 0.354 e. The Morgan fingerprint density at radius 3 is 2.35 bits per heavy atom. The van der Waals surface area contributed by atoms with E-state index in [-0.39, 0.29) is 17.9 Å². The molecule has 3 rings (SSSR count). The number of nitrogens with zero attached hydrogens (tertiary/aromatic N) is 1. The van der Waals surface area contributed by atoms with Crippen molar-refractivity contribution < 1.29 is 14.3 Å². The zero-order valence-corrected chi connectivity index (χ0v) is 16.8. The lowest BCUT2D eigenvalue weighted by molar-refractivity contribution is -0.192. The third-order valence-electron chi connectivity index (χ3n) is 5.67. The van der Waals surface area contributed by atoms with E-state index in [4.69, 9.17) is 32.7 Å². The maximum Gasteiger partial charge on any atom is 0.224 e. The summed E-state index contributed by atoms with van der Waals surface area (Å²) in [5.74, 6) is -0.415. The second kappa shape index (κ2) is 8.03. The first-order valence-corrected chi connectivity index (χ1v) is 9.76. The van der Waals surface area contributed by atoms with E-state index in [1.165, 1.54) is 0 Å². The third kappa shape index (κ3) is 4.34. The molecule has 1 spiro atoms. The first-order chi connectivity index (χ1) is 12.3. The van der Waals surface area contributed by atoms with Crippen molar-refractivity contribution in [3.05, 3.63) is 33.8 Å². The number of carbonyl (C=O) groups excluding carboxylic acids is 1. The summed E-state index contributed by atoms with van der Waals surface area (Å²) < 4.78 is 11.7. The monoisotopic (exact) mass is 400 g/mol. The highest BCUT2D eigenvalue weighted by atomic mass is 35.5. The van der Waals surface area contributed by atoms with Gasteiger partial charge in [-0.05, 0) is 44.6 Å².